The van der Waals surface area contributed by atoms with Crippen LogP contribution in [0.2, 0.25) is 0 Å². The first kappa shape index (κ1) is 33.2. The minimum atomic E-state index is -0.852. The highest BCUT2D eigenvalue weighted by atomic mass is 16.3. The van der Waals surface area contributed by atoms with Gasteiger partial charge in [-0.2, -0.15) is 0 Å². The average Bonchev–Trinajstić information content (AvgIpc) is 3.11. The number of aromatic hydroxyl groups is 1. The molecule has 49 heavy (non-hydrogen) atoms. The standard InChI is InChI=1S/C44H50N2O3/c1-5-24-45(25-6-2)41-31-19-12-9-16-28(31)36(29-17-10-13-20-32(29)41)39-43(48)40(44(39)49)38-30-18-11-14-21-33(30)42(46(26-7-3)27-8-4)34-22-15-23-35(47)37(34)38/h9-23,39-40,43-44,47-49H,5-8,24-27H2,1-4H3. The van der Waals surface area contributed by atoms with Crippen molar-refractivity contribution in [1.29, 1.82) is 0 Å². The lowest BCUT2D eigenvalue weighted by Crippen LogP contribution is -2.52. The van der Waals surface area contributed by atoms with Crippen molar-refractivity contribution in [3.05, 3.63) is 102 Å². The Morgan fingerprint density at radius 3 is 1.22 bits per heavy atom. The third-order valence-electron chi connectivity index (χ3n) is 10.7. The lowest BCUT2D eigenvalue weighted by atomic mass is 9.60. The van der Waals surface area contributed by atoms with Crippen LogP contribution in [0.25, 0.3) is 43.1 Å². The SMILES string of the molecule is CCCN(CCC)c1c2ccccc2c(C2C(O)C(c3c4ccccc4c(N(CCC)CCC)c4cccc(O)c34)C2O)c2ccccc12. The molecule has 0 aromatic heterocycles. The van der Waals surface area contributed by atoms with Gasteiger partial charge in [-0.05, 0) is 59.0 Å². The molecular weight excluding hydrogens is 604 g/mol. The van der Waals surface area contributed by atoms with Gasteiger partial charge in [0.1, 0.15) is 5.75 Å². The molecule has 5 heteroatoms. The molecule has 0 bridgehead atoms. The lowest BCUT2D eigenvalue weighted by molar-refractivity contribution is -0.0766. The lowest BCUT2D eigenvalue weighted by Gasteiger charge is -2.48. The largest absolute Gasteiger partial charge is 0.507 e. The van der Waals surface area contributed by atoms with Gasteiger partial charge in [0.25, 0.3) is 0 Å². The van der Waals surface area contributed by atoms with Crippen LogP contribution in [0, 0.1) is 0 Å². The van der Waals surface area contributed by atoms with Crippen LogP contribution in [0.5, 0.6) is 5.75 Å². The number of anilines is 2. The summed E-state index contributed by atoms with van der Waals surface area (Å²) in [5.41, 5.74) is 4.19. The number of hydrogen-bond acceptors (Lipinski definition) is 5. The highest BCUT2D eigenvalue weighted by Crippen LogP contribution is 2.57. The number of nitrogens with zero attached hydrogens (tertiary/aromatic N) is 2. The van der Waals surface area contributed by atoms with E-state index < -0.39 is 24.0 Å². The summed E-state index contributed by atoms with van der Waals surface area (Å²) in [5, 5.41) is 44.6. The van der Waals surface area contributed by atoms with E-state index in [4.69, 9.17) is 0 Å². The number of hydrogen-bond donors (Lipinski definition) is 3. The number of rotatable bonds is 12. The summed E-state index contributed by atoms with van der Waals surface area (Å²) in [6, 6.07) is 31.1. The van der Waals surface area contributed by atoms with Crippen LogP contribution in [-0.4, -0.2) is 53.7 Å². The molecule has 1 aliphatic carbocycles. The van der Waals surface area contributed by atoms with Crippen LogP contribution in [0.3, 0.4) is 0 Å². The molecule has 254 valence electrons. The Bertz CT molecular complexity index is 2040. The molecular formula is C44H50N2O3. The first-order valence-electron chi connectivity index (χ1n) is 18.4. The molecule has 0 spiro atoms. The first-order valence-corrected chi connectivity index (χ1v) is 18.4. The zero-order valence-corrected chi connectivity index (χ0v) is 29.4. The molecule has 1 saturated carbocycles. The fraction of sp³-hybridized carbons (Fsp3) is 0.364. The van der Waals surface area contributed by atoms with Crippen LogP contribution < -0.4 is 9.80 Å². The molecule has 6 aromatic rings. The summed E-state index contributed by atoms with van der Waals surface area (Å²) >= 11 is 0. The number of benzene rings is 6. The quantitative estimate of drug-likeness (QED) is 0.115. The van der Waals surface area contributed by atoms with Crippen molar-refractivity contribution in [2.75, 3.05) is 36.0 Å². The van der Waals surface area contributed by atoms with Gasteiger partial charge in [0.15, 0.2) is 0 Å². The van der Waals surface area contributed by atoms with E-state index in [0.717, 1.165) is 112 Å². The molecule has 0 amide bonds. The second kappa shape index (κ2) is 13.9. The third-order valence-corrected chi connectivity index (χ3v) is 10.7. The number of aliphatic hydroxyl groups is 2. The van der Waals surface area contributed by atoms with Crippen LogP contribution in [0.15, 0.2) is 91.0 Å². The van der Waals surface area contributed by atoms with E-state index in [1.165, 1.54) is 5.69 Å². The fourth-order valence-electron chi connectivity index (χ4n) is 8.89. The van der Waals surface area contributed by atoms with Gasteiger partial charge in [0.05, 0.1) is 23.6 Å². The van der Waals surface area contributed by atoms with Crippen LogP contribution in [-0.2, 0) is 0 Å². The number of phenolic OH excluding ortho intramolecular Hbond substituents is 1. The Kier molecular flexibility index (Phi) is 9.41. The maximum absolute atomic E-state index is 12.4. The van der Waals surface area contributed by atoms with Crippen molar-refractivity contribution < 1.29 is 15.3 Å². The minimum Gasteiger partial charge on any atom is -0.507 e. The fourth-order valence-corrected chi connectivity index (χ4v) is 8.89. The zero-order chi connectivity index (χ0) is 34.2. The third kappa shape index (κ3) is 5.39. The van der Waals surface area contributed by atoms with Gasteiger partial charge < -0.3 is 25.1 Å². The van der Waals surface area contributed by atoms with Gasteiger partial charge in [0, 0.05) is 64.9 Å². The van der Waals surface area contributed by atoms with Crippen molar-refractivity contribution in [2.24, 2.45) is 0 Å². The molecule has 1 aliphatic rings. The number of phenols is 1. The molecule has 0 heterocycles. The van der Waals surface area contributed by atoms with Crippen molar-refractivity contribution in [3.8, 4) is 5.75 Å². The Labute approximate surface area is 290 Å². The van der Waals surface area contributed by atoms with E-state index in [1.807, 2.05) is 12.1 Å². The molecule has 0 saturated heterocycles. The van der Waals surface area contributed by atoms with Crippen LogP contribution in [0.4, 0.5) is 11.4 Å². The van der Waals surface area contributed by atoms with E-state index in [9.17, 15) is 15.3 Å². The molecule has 0 radical (unpaired) electrons. The van der Waals surface area contributed by atoms with Crippen molar-refractivity contribution in [1.82, 2.24) is 0 Å². The minimum absolute atomic E-state index is 0.183. The molecule has 3 N–H and O–H groups in total. The predicted molar refractivity (Wildman–Crippen MR) is 208 cm³/mol. The Hall–Kier alpha value is -4.32. The number of fused-ring (bicyclic) bond motifs is 4. The van der Waals surface area contributed by atoms with E-state index in [2.05, 4.69) is 110 Å². The highest BCUT2D eigenvalue weighted by molar-refractivity contribution is 6.17. The van der Waals surface area contributed by atoms with Gasteiger partial charge in [-0.1, -0.05) is 113 Å². The molecule has 5 nitrogen and oxygen atoms in total. The maximum atomic E-state index is 12.4. The molecule has 2 atom stereocenters. The predicted octanol–water partition coefficient (Wildman–Crippen LogP) is 9.86. The van der Waals surface area contributed by atoms with Crippen molar-refractivity contribution in [2.45, 2.75) is 77.4 Å². The summed E-state index contributed by atoms with van der Waals surface area (Å²) in [6.45, 7) is 12.6. The summed E-state index contributed by atoms with van der Waals surface area (Å²) in [5.74, 6) is -0.877. The molecule has 0 aliphatic heterocycles. The van der Waals surface area contributed by atoms with Crippen molar-refractivity contribution in [3.63, 3.8) is 0 Å². The smallest absolute Gasteiger partial charge is 0.123 e. The van der Waals surface area contributed by atoms with Gasteiger partial charge in [0.2, 0.25) is 0 Å². The first-order chi connectivity index (χ1) is 24.0. The van der Waals surface area contributed by atoms with Crippen molar-refractivity contribution >= 4 is 54.5 Å². The topological polar surface area (TPSA) is 67.2 Å². The van der Waals surface area contributed by atoms with Gasteiger partial charge in [-0.15, -0.1) is 0 Å². The highest BCUT2D eigenvalue weighted by Gasteiger charge is 2.53. The van der Waals surface area contributed by atoms with Crippen LogP contribution >= 0.6 is 0 Å². The Morgan fingerprint density at radius 1 is 0.449 bits per heavy atom. The average molecular weight is 655 g/mol. The maximum Gasteiger partial charge on any atom is 0.123 e. The van der Waals surface area contributed by atoms with Gasteiger partial charge >= 0.3 is 0 Å². The Balaban J connectivity index is 1.44. The molecule has 7 rings (SSSR count). The van der Waals surface area contributed by atoms with Gasteiger partial charge in [-0.3, -0.25) is 0 Å². The van der Waals surface area contributed by atoms with Crippen LogP contribution in [0.1, 0.15) is 76.3 Å². The van der Waals surface area contributed by atoms with E-state index in [-0.39, 0.29) is 5.75 Å². The molecule has 6 aromatic carbocycles. The van der Waals surface area contributed by atoms with E-state index in [1.54, 1.807) is 6.07 Å². The normalized spacial score (nSPS) is 19.1. The summed E-state index contributed by atoms with van der Waals surface area (Å²) in [7, 11) is 0. The zero-order valence-electron chi connectivity index (χ0n) is 29.4. The summed E-state index contributed by atoms with van der Waals surface area (Å²) < 4.78 is 0. The summed E-state index contributed by atoms with van der Waals surface area (Å²) in [6.07, 6.45) is 2.41. The molecule has 2 unspecified atom stereocenters. The Morgan fingerprint density at radius 2 is 0.796 bits per heavy atom. The van der Waals surface area contributed by atoms with E-state index >= 15 is 0 Å². The van der Waals surface area contributed by atoms with E-state index in [0.29, 0.717) is 0 Å². The number of aliphatic hydroxyl groups excluding tert-OH is 2. The van der Waals surface area contributed by atoms with Gasteiger partial charge in [-0.25, -0.2) is 0 Å². The summed E-state index contributed by atoms with van der Waals surface area (Å²) in [4.78, 5) is 4.94. The molecule has 1 fully saturated rings. The monoisotopic (exact) mass is 654 g/mol. The second-order valence-electron chi connectivity index (χ2n) is 13.9. The second-order valence-corrected chi connectivity index (χ2v) is 13.9.